The van der Waals surface area contributed by atoms with E-state index in [9.17, 15) is 17.1 Å². The Balaban J connectivity index is 2.08. The van der Waals surface area contributed by atoms with Gasteiger partial charge in [-0.3, -0.25) is 9.78 Å². The maximum atomic E-state index is 12.5. The molecule has 0 radical (unpaired) electrons. The molecule has 0 spiro atoms. The summed E-state index contributed by atoms with van der Waals surface area (Å²) in [5.74, 6) is -0.186. The van der Waals surface area contributed by atoms with Gasteiger partial charge in [0.05, 0.1) is 23.0 Å². The number of carbonyl (C=O) groups is 1. The molecule has 0 saturated heterocycles. The Morgan fingerprint density at radius 2 is 2.13 bits per heavy atom. The van der Waals surface area contributed by atoms with Crippen LogP contribution in [0.2, 0.25) is 0 Å². The van der Waals surface area contributed by atoms with E-state index in [0.717, 1.165) is 17.5 Å². The molecule has 2 aromatic heterocycles. The molecule has 6 nitrogen and oxygen atoms in total. The average Bonchev–Trinajstić information content (AvgIpc) is 2.84. The van der Waals surface area contributed by atoms with E-state index in [1.807, 2.05) is 6.07 Å². The molecule has 2 rings (SSSR count). The molecular formula is C14H15FN2O4S2. The quantitative estimate of drug-likeness (QED) is 0.802. The monoisotopic (exact) mass is 358 g/mol. The second-order valence-electron chi connectivity index (χ2n) is 5.20. The van der Waals surface area contributed by atoms with Gasteiger partial charge in [-0.2, -0.15) is 8.42 Å². The van der Waals surface area contributed by atoms with Crippen molar-refractivity contribution in [1.29, 1.82) is 0 Å². The number of nitrogens with one attached hydrogen (secondary N) is 1. The molecule has 0 aliphatic carbocycles. The molecule has 0 bridgehead atoms. The molecular weight excluding hydrogens is 343 g/mol. The number of hydrogen-bond donors (Lipinski definition) is 1. The lowest BCUT2D eigenvalue weighted by molar-refractivity contribution is 0.103. The first kappa shape index (κ1) is 17.4. The number of thiophene rings is 1. The second-order valence-corrected chi connectivity index (χ2v) is 7.33. The van der Waals surface area contributed by atoms with Crippen LogP contribution in [0.25, 0.3) is 0 Å². The zero-order valence-electron chi connectivity index (χ0n) is 12.4. The Morgan fingerprint density at radius 1 is 1.39 bits per heavy atom. The summed E-state index contributed by atoms with van der Waals surface area (Å²) in [5.41, 5.74) is 0.204. The van der Waals surface area contributed by atoms with E-state index in [4.69, 9.17) is 0 Å². The van der Waals surface area contributed by atoms with Gasteiger partial charge in [0.1, 0.15) is 0 Å². The van der Waals surface area contributed by atoms with Crippen LogP contribution >= 0.6 is 11.3 Å². The van der Waals surface area contributed by atoms with Gasteiger partial charge in [0, 0.05) is 10.9 Å². The lowest BCUT2D eigenvalue weighted by Crippen LogP contribution is -2.10. The fourth-order valence-electron chi connectivity index (χ4n) is 1.85. The normalized spacial score (nSPS) is 11.5. The van der Waals surface area contributed by atoms with Gasteiger partial charge in [-0.25, -0.2) is 0 Å². The predicted molar refractivity (Wildman–Crippen MR) is 85.7 cm³/mol. The number of hydrogen-bond acceptors (Lipinski definition) is 6. The zero-order valence-corrected chi connectivity index (χ0v) is 14.1. The van der Waals surface area contributed by atoms with Crippen LogP contribution < -0.4 is 9.50 Å². The summed E-state index contributed by atoms with van der Waals surface area (Å²) in [7, 11) is -5.13. The smallest absolute Gasteiger partial charge is 0.357 e. The summed E-state index contributed by atoms with van der Waals surface area (Å²) in [6, 6.07) is 4.79. The number of rotatable bonds is 6. The molecule has 9 heteroatoms. The van der Waals surface area contributed by atoms with Crippen LogP contribution in [-0.2, 0) is 16.9 Å². The van der Waals surface area contributed by atoms with E-state index in [2.05, 4.69) is 28.3 Å². The summed E-state index contributed by atoms with van der Waals surface area (Å²) in [6.07, 6.45) is 3.22. The minimum atomic E-state index is -5.13. The number of pyridine rings is 1. The third kappa shape index (κ3) is 5.61. The molecule has 0 aromatic carbocycles. The maximum Gasteiger partial charge on any atom is 0.488 e. The Kier molecular flexibility index (Phi) is 5.32. The van der Waals surface area contributed by atoms with E-state index < -0.39 is 10.5 Å². The predicted octanol–water partition coefficient (Wildman–Crippen LogP) is 3.19. The molecule has 0 aliphatic rings. The third-order valence-electron chi connectivity index (χ3n) is 2.66. The van der Waals surface area contributed by atoms with E-state index in [1.165, 1.54) is 23.6 Å². The van der Waals surface area contributed by atoms with Gasteiger partial charge in [0.15, 0.2) is 5.75 Å². The maximum absolute atomic E-state index is 12.5. The molecule has 0 aliphatic heterocycles. The number of amides is 1. The highest BCUT2D eigenvalue weighted by atomic mass is 32.3. The Labute approximate surface area is 137 Å². The first-order valence-corrected chi connectivity index (χ1v) is 8.84. The SMILES string of the molecule is CC(C)Cc1ccc(C(=O)Nc2cncc(OS(=O)(=O)F)c2)s1. The van der Waals surface area contributed by atoms with E-state index in [1.54, 1.807) is 6.07 Å². The van der Waals surface area contributed by atoms with Crippen LogP contribution in [0.1, 0.15) is 28.4 Å². The zero-order chi connectivity index (χ0) is 17.0. The summed E-state index contributed by atoms with van der Waals surface area (Å²) >= 11 is 1.38. The number of anilines is 1. The van der Waals surface area contributed by atoms with Crippen molar-refractivity contribution in [2.24, 2.45) is 5.92 Å². The minimum absolute atomic E-state index is 0.204. The molecule has 0 unspecified atom stereocenters. The summed E-state index contributed by atoms with van der Waals surface area (Å²) in [5, 5.41) is 2.56. The van der Waals surface area contributed by atoms with Crippen molar-refractivity contribution < 1.29 is 21.3 Å². The molecule has 1 amide bonds. The summed E-state index contributed by atoms with van der Waals surface area (Å²) < 4.78 is 37.4. The lowest BCUT2D eigenvalue weighted by Gasteiger charge is -2.05. The van der Waals surface area contributed by atoms with Gasteiger partial charge in [0.25, 0.3) is 5.91 Å². The number of nitrogens with zero attached hydrogens (tertiary/aromatic N) is 1. The Morgan fingerprint density at radius 3 is 2.78 bits per heavy atom. The lowest BCUT2D eigenvalue weighted by atomic mass is 10.1. The number of halogens is 1. The van der Waals surface area contributed by atoms with Crippen LogP contribution in [0.5, 0.6) is 5.75 Å². The third-order valence-corrected chi connectivity index (χ3v) is 4.16. The van der Waals surface area contributed by atoms with Crippen LogP contribution in [0.15, 0.2) is 30.6 Å². The van der Waals surface area contributed by atoms with E-state index >= 15 is 0 Å². The van der Waals surface area contributed by atoms with Gasteiger partial charge < -0.3 is 9.50 Å². The minimum Gasteiger partial charge on any atom is -0.357 e. The highest BCUT2D eigenvalue weighted by molar-refractivity contribution is 7.81. The molecule has 1 N–H and O–H groups in total. The van der Waals surface area contributed by atoms with Crippen molar-refractivity contribution in [1.82, 2.24) is 4.98 Å². The highest BCUT2D eigenvalue weighted by Crippen LogP contribution is 2.22. The molecule has 124 valence electrons. The van der Waals surface area contributed by atoms with Crippen molar-refractivity contribution in [3.8, 4) is 5.75 Å². The van der Waals surface area contributed by atoms with Gasteiger partial charge in [0.2, 0.25) is 0 Å². The molecule has 23 heavy (non-hydrogen) atoms. The number of carbonyl (C=O) groups excluding carboxylic acids is 1. The van der Waals surface area contributed by atoms with Gasteiger partial charge in [-0.15, -0.1) is 11.3 Å². The van der Waals surface area contributed by atoms with E-state index in [0.29, 0.717) is 10.8 Å². The molecule has 2 heterocycles. The Hall–Kier alpha value is -2.00. The number of aromatic nitrogens is 1. The molecule has 0 fully saturated rings. The van der Waals surface area contributed by atoms with Crippen LogP contribution in [0.4, 0.5) is 9.57 Å². The van der Waals surface area contributed by atoms with Gasteiger partial charge >= 0.3 is 10.5 Å². The fraction of sp³-hybridized carbons (Fsp3) is 0.286. The summed E-state index contributed by atoms with van der Waals surface area (Å²) in [4.78, 5) is 17.5. The van der Waals surface area contributed by atoms with Gasteiger partial charge in [-0.1, -0.05) is 17.7 Å². The topological polar surface area (TPSA) is 85.4 Å². The first-order valence-electron chi connectivity index (χ1n) is 6.72. The van der Waals surface area contributed by atoms with Crippen LogP contribution in [0.3, 0.4) is 0 Å². The standard InChI is InChI=1S/C14H15FN2O4S2/c1-9(2)5-12-3-4-13(22-12)14(18)17-10-6-11(8-16-7-10)21-23(15,19)20/h3-4,6-9H,5H2,1-2H3,(H,17,18). The van der Waals surface area contributed by atoms with Crippen molar-refractivity contribution in [2.45, 2.75) is 20.3 Å². The molecule has 0 atom stereocenters. The average molecular weight is 358 g/mol. The van der Waals surface area contributed by atoms with Crippen molar-refractivity contribution in [3.05, 3.63) is 40.3 Å². The second kappa shape index (κ2) is 7.05. The highest BCUT2D eigenvalue weighted by Gasteiger charge is 2.13. The van der Waals surface area contributed by atoms with E-state index in [-0.39, 0.29) is 17.3 Å². The largest absolute Gasteiger partial charge is 0.488 e. The van der Waals surface area contributed by atoms with Gasteiger partial charge in [-0.05, 0) is 24.5 Å². The molecule has 0 saturated carbocycles. The van der Waals surface area contributed by atoms with Crippen molar-refractivity contribution >= 4 is 33.4 Å². The Bertz CT molecular complexity index is 803. The molecule has 2 aromatic rings. The van der Waals surface area contributed by atoms with Crippen molar-refractivity contribution in [3.63, 3.8) is 0 Å². The van der Waals surface area contributed by atoms with Crippen LogP contribution in [-0.4, -0.2) is 19.3 Å². The van der Waals surface area contributed by atoms with Crippen LogP contribution in [0, 0.1) is 5.92 Å². The summed E-state index contributed by atoms with van der Waals surface area (Å²) in [6.45, 7) is 4.19. The fourth-order valence-corrected chi connectivity index (χ4v) is 3.29. The first-order chi connectivity index (χ1) is 10.7. The van der Waals surface area contributed by atoms with Crippen molar-refractivity contribution in [2.75, 3.05) is 5.32 Å².